The van der Waals surface area contributed by atoms with Crippen molar-refractivity contribution in [2.75, 3.05) is 13.2 Å². The molecule has 0 amide bonds. The number of rotatable bonds is 3. The zero-order chi connectivity index (χ0) is 13.2. The van der Waals surface area contributed by atoms with E-state index in [0.29, 0.717) is 13.0 Å². The summed E-state index contributed by atoms with van der Waals surface area (Å²) in [5, 5.41) is 25.0. The summed E-state index contributed by atoms with van der Waals surface area (Å²) < 4.78 is 0. The van der Waals surface area contributed by atoms with Gasteiger partial charge in [-0.05, 0) is 22.8 Å². The van der Waals surface area contributed by atoms with Crippen molar-refractivity contribution in [2.24, 2.45) is 0 Å². The minimum atomic E-state index is -0.292. The third-order valence-electron chi connectivity index (χ3n) is 4.03. The van der Waals surface area contributed by atoms with Gasteiger partial charge in [0.2, 0.25) is 0 Å². The Morgan fingerprint density at radius 3 is 2.63 bits per heavy atom. The molecule has 0 aliphatic carbocycles. The molecule has 3 nitrogen and oxygen atoms in total. The van der Waals surface area contributed by atoms with Crippen LogP contribution in [-0.4, -0.2) is 35.5 Å². The van der Waals surface area contributed by atoms with Gasteiger partial charge in [0.15, 0.2) is 0 Å². The maximum absolute atomic E-state index is 9.68. The van der Waals surface area contributed by atoms with Crippen molar-refractivity contribution in [2.45, 2.75) is 24.5 Å². The Labute approximate surface area is 112 Å². The number of hydrogen-bond donors (Lipinski definition) is 3. The molecule has 3 atom stereocenters. The summed E-state index contributed by atoms with van der Waals surface area (Å²) >= 11 is 0. The number of nitrogens with one attached hydrogen (secondary N) is 1. The van der Waals surface area contributed by atoms with Gasteiger partial charge < -0.3 is 15.5 Å². The normalized spacial score (nSPS) is 24.7. The van der Waals surface area contributed by atoms with Crippen LogP contribution in [0.5, 0.6) is 0 Å². The average molecular weight is 257 g/mol. The second-order valence-corrected chi connectivity index (χ2v) is 5.30. The lowest BCUT2D eigenvalue weighted by Crippen LogP contribution is -2.31. The summed E-state index contributed by atoms with van der Waals surface area (Å²) in [4.78, 5) is 0. The number of hydrogen-bond acceptors (Lipinski definition) is 3. The lowest BCUT2D eigenvalue weighted by atomic mass is 9.89. The molecule has 3 rings (SSSR count). The van der Waals surface area contributed by atoms with Crippen LogP contribution in [-0.2, 0) is 0 Å². The fourth-order valence-corrected chi connectivity index (χ4v) is 2.96. The highest BCUT2D eigenvalue weighted by atomic mass is 16.3. The Bertz CT molecular complexity index is 569. The van der Waals surface area contributed by atoms with Crippen molar-refractivity contribution >= 4 is 10.8 Å². The first-order valence-electron chi connectivity index (χ1n) is 6.79. The Morgan fingerprint density at radius 2 is 1.95 bits per heavy atom. The molecule has 1 fully saturated rings. The van der Waals surface area contributed by atoms with E-state index in [1.54, 1.807) is 0 Å². The molecule has 1 unspecified atom stereocenters. The predicted molar refractivity (Wildman–Crippen MR) is 76.2 cm³/mol. The van der Waals surface area contributed by atoms with E-state index in [-0.39, 0.29) is 24.7 Å². The van der Waals surface area contributed by atoms with Gasteiger partial charge in [0.05, 0.1) is 12.7 Å². The summed E-state index contributed by atoms with van der Waals surface area (Å²) in [6.07, 6.45) is 0.414. The molecule has 2 aromatic carbocycles. The average Bonchev–Trinajstić information content (AvgIpc) is 2.86. The highest BCUT2D eigenvalue weighted by Gasteiger charge is 2.29. The summed E-state index contributed by atoms with van der Waals surface area (Å²) in [6.45, 7) is 0.720. The van der Waals surface area contributed by atoms with Gasteiger partial charge in [0, 0.05) is 18.5 Å². The molecule has 0 spiro atoms. The minimum absolute atomic E-state index is 0.0433. The second-order valence-electron chi connectivity index (χ2n) is 5.30. The van der Waals surface area contributed by atoms with Crippen LogP contribution in [0.15, 0.2) is 42.5 Å². The molecule has 1 saturated heterocycles. The van der Waals surface area contributed by atoms with E-state index in [4.69, 9.17) is 0 Å². The van der Waals surface area contributed by atoms with E-state index >= 15 is 0 Å². The van der Waals surface area contributed by atoms with Crippen LogP contribution in [0.4, 0.5) is 0 Å². The van der Waals surface area contributed by atoms with Crippen molar-refractivity contribution in [1.82, 2.24) is 5.32 Å². The van der Waals surface area contributed by atoms with Crippen LogP contribution in [0.3, 0.4) is 0 Å². The van der Waals surface area contributed by atoms with Crippen molar-refractivity contribution in [3.8, 4) is 0 Å². The zero-order valence-corrected chi connectivity index (χ0v) is 10.8. The third-order valence-corrected chi connectivity index (χ3v) is 4.03. The van der Waals surface area contributed by atoms with Gasteiger partial charge >= 0.3 is 0 Å². The third kappa shape index (κ3) is 2.50. The quantitative estimate of drug-likeness (QED) is 0.783. The topological polar surface area (TPSA) is 52.5 Å². The standard InChI is InChI=1S/C16H19NO2/c18-10-15(16-8-14(19)9-17-16)13-6-5-11-3-1-2-4-12(11)7-13/h1-7,14-19H,8-10H2/t14-,15?,16+/m1/s1. The molecule has 3 heteroatoms. The van der Waals surface area contributed by atoms with Crippen LogP contribution >= 0.6 is 0 Å². The lowest BCUT2D eigenvalue weighted by molar-refractivity contribution is 0.186. The SMILES string of the molecule is OCC(c1ccc2ccccc2c1)[C@@H]1C[C@@H](O)CN1. The van der Waals surface area contributed by atoms with Crippen LogP contribution in [0.25, 0.3) is 10.8 Å². The van der Waals surface area contributed by atoms with Gasteiger partial charge in [-0.3, -0.25) is 0 Å². The Kier molecular flexibility index (Phi) is 3.51. The number of fused-ring (bicyclic) bond motifs is 1. The smallest absolute Gasteiger partial charge is 0.0679 e. The molecule has 3 N–H and O–H groups in total. The van der Waals surface area contributed by atoms with Crippen molar-refractivity contribution in [3.63, 3.8) is 0 Å². The van der Waals surface area contributed by atoms with Crippen molar-refractivity contribution in [1.29, 1.82) is 0 Å². The molecule has 1 heterocycles. The van der Waals surface area contributed by atoms with Gasteiger partial charge in [-0.25, -0.2) is 0 Å². The van der Waals surface area contributed by atoms with Gasteiger partial charge in [-0.1, -0.05) is 42.5 Å². The fraction of sp³-hybridized carbons (Fsp3) is 0.375. The predicted octanol–water partition coefficient (Wildman–Crippen LogP) is 1.64. The maximum Gasteiger partial charge on any atom is 0.0679 e. The molecular formula is C16H19NO2. The molecule has 0 bridgehead atoms. The van der Waals surface area contributed by atoms with E-state index in [2.05, 4.69) is 35.6 Å². The van der Waals surface area contributed by atoms with E-state index < -0.39 is 0 Å². The zero-order valence-electron chi connectivity index (χ0n) is 10.8. The largest absolute Gasteiger partial charge is 0.396 e. The first kappa shape index (κ1) is 12.6. The molecule has 1 aliphatic rings. The number of aliphatic hydroxyl groups is 2. The van der Waals surface area contributed by atoms with Crippen LogP contribution < -0.4 is 5.32 Å². The summed E-state index contributed by atoms with van der Waals surface area (Å²) in [6, 6.07) is 14.7. The van der Waals surface area contributed by atoms with Gasteiger partial charge in [-0.2, -0.15) is 0 Å². The molecule has 100 valence electrons. The second kappa shape index (κ2) is 5.29. The molecule has 2 aromatic rings. The van der Waals surface area contributed by atoms with Crippen molar-refractivity contribution in [3.05, 3.63) is 48.0 Å². The molecule has 0 radical (unpaired) electrons. The van der Waals surface area contributed by atoms with E-state index in [9.17, 15) is 10.2 Å². The van der Waals surface area contributed by atoms with Gasteiger partial charge in [0.1, 0.15) is 0 Å². The van der Waals surface area contributed by atoms with Crippen molar-refractivity contribution < 1.29 is 10.2 Å². The summed E-state index contributed by atoms with van der Waals surface area (Å²) in [5.74, 6) is 0.0433. The Morgan fingerprint density at radius 1 is 1.16 bits per heavy atom. The van der Waals surface area contributed by atoms with Crippen LogP contribution in [0.1, 0.15) is 17.9 Å². The first-order valence-corrected chi connectivity index (χ1v) is 6.79. The number of aliphatic hydroxyl groups excluding tert-OH is 2. The van der Waals surface area contributed by atoms with E-state index in [1.807, 2.05) is 12.1 Å². The maximum atomic E-state index is 9.68. The van der Waals surface area contributed by atoms with Gasteiger partial charge in [0.25, 0.3) is 0 Å². The Hall–Kier alpha value is -1.42. The minimum Gasteiger partial charge on any atom is -0.396 e. The molecule has 1 aliphatic heterocycles. The molecule has 0 aromatic heterocycles. The van der Waals surface area contributed by atoms with Crippen LogP contribution in [0.2, 0.25) is 0 Å². The fourth-order valence-electron chi connectivity index (χ4n) is 2.96. The molecule has 0 saturated carbocycles. The highest BCUT2D eigenvalue weighted by molar-refractivity contribution is 5.83. The van der Waals surface area contributed by atoms with Crippen LogP contribution in [0, 0.1) is 0 Å². The highest BCUT2D eigenvalue weighted by Crippen LogP contribution is 2.27. The summed E-state index contributed by atoms with van der Waals surface area (Å²) in [7, 11) is 0. The van der Waals surface area contributed by atoms with Gasteiger partial charge in [-0.15, -0.1) is 0 Å². The van der Waals surface area contributed by atoms with E-state index in [1.165, 1.54) is 10.8 Å². The number of β-amino-alcohol motifs (C(OH)–C–C–N with tert-alkyl or cyclic N) is 1. The lowest BCUT2D eigenvalue weighted by Gasteiger charge is -2.22. The molecule has 19 heavy (non-hydrogen) atoms. The molecular weight excluding hydrogens is 238 g/mol. The summed E-state index contributed by atoms with van der Waals surface area (Å²) in [5.41, 5.74) is 1.13. The van der Waals surface area contributed by atoms with E-state index in [0.717, 1.165) is 5.56 Å². The number of benzene rings is 2. The Balaban J connectivity index is 1.92. The first-order chi connectivity index (χ1) is 9.28. The monoisotopic (exact) mass is 257 g/mol.